The number of aromatic nitrogens is 5. The number of ether oxygens (including phenoxy) is 2. The standard InChI is InChI=1S/C26H28N8O3.C2H4O2/c1-16-13-18(15-21(14-16)37-20-7-11-36-12-8-20)22(31-19-5-3-17(4-6-19)23(27)28)24-32-26(35)34(33-24)25-29-9-2-10-30-25;1-2(3)4/h2-6,9-10,13-15,20,22,31H,7-8,11-12H2,1H3,(H3,27,28)(H,32,33,35);1H3,(H,3,4). The number of benzene rings is 2. The van der Waals surface area contributed by atoms with Crippen molar-refractivity contribution < 1.29 is 19.4 Å². The highest BCUT2D eigenvalue weighted by Gasteiger charge is 2.23. The number of anilines is 1. The number of amidine groups is 1. The normalized spacial score (nSPS) is 13.9. The van der Waals surface area contributed by atoms with E-state index < -0.39 is 17.7 Å². The van der Waals surface area contributed by atoms with E-state index in [0.29, 0.717) is 24.6 Å². The molecular formula is C28H32N8O5. The molecule has 0 bridgehead atoms. The summed E-state index contributed by atoms with van der Waals surface area (Å²) < 4.78 is 12.9. The number of hydrogen-bond acceptors (Lipinski definition) is 9. The van der Waals surface area contributed by atoms with Crippen molar-refractivity contribution >= 4 is 17.5 Å². The second-order valence-electron chi connectivity index (χ2n) is 9.37. The smallest absolute Gasteiger partial charge is 0.350 e. The monoisotopic (exact) mass is 560 g/mol. The molecule has 0 radical (unpaired) electrons. The highest BCUT2D eigenvalue weighted by atomic mass is 16.5. The number of carboxylic acid groups (broad SMARTS) is 1. The molecule has 2 aromatic heterocycles. The summed E-state index contributed by atoms with van der Waals surface area (Å²) in [6, 6.07) is 14.3. The van der Waals surface area contributed by atoms with Crippen molar-refractivity contribution in [1.82, 2.24) is 24.7 Å². The Hall–Kier alpha value is -5.04. The van der Waals surface area contributed by atoms with Crippen LogP contribution in [0.1, 0.15) is 48.3 Å². The molecule has 4 aromatic rings. The van der Waals surface area contributed by atoms with Gasteiger partial charge in [0.2, 0.25) is 0 Å². The number of nitrogens with one attached hydrogen (secondary N) is 3. The SMILES string of the molecule is CC(=O)O.Cc1cc(OC2CCOCC2)cc(C(Nc2ccc(C(=N)N)cc2)c2nn(-c3ncccn3)c(=O)[nH]2)c1. The van der Waals surface area contributed by atoms with Crippen LogP contribution in [0.5, 0.6) is 5.75 Å². The van der Waals surface area contributed by atoms with Crippen LogP contribution in [0.4, 0.5) is 5.69 Å². The summed E-state index contributed by atoms with van der Waals surface area (Å²) >= 11 is 0. The summed E-state index contributed by atoms with van der Waals surface area (Å²) in [6.45, 7) is 4.45. The van der Waals surface area contributed by atoms with E-state index in [2.05, 4.69) is 25.4 Å². The van der Waals surface area contributed by atoms with Crippen molar-refractivity contribution in [3.05, 3.63) is 93.9 Å². The van der Waals surface area contributed by atoms with E-state index >= 15 is 0 Å². The zero-order valence-electron chi connectivity index (χ0n) is 22.7. The van der Waals surface area contributed by atoms with Crippen molar-refractivity contribution in [1.29, 1.82) is 5.41 Å². The number of carboxylic acids is 1. The fourth-order valence-corrected chi connectivity index (χ4v) is 4.23. The molecule has 5 rings (SSSR count). The van der Waals surface area contributed by atoms with E-state index in [9.17, 15) is 4.79 Å². The number of aliphatic carboxylic acids is 1. The fraction of sp³-hybridized carbons (Fsp3) is 0.286. The van der Waals surface area contributed by atoms with Crippen LogP contribution in [0.15, 0.2) is 65.7 Å². The van der Waals surface area contributed by atoms with Crippen molar-refractivity contribution in [3.63, 3.8) is 0 Å². The second-order valence-corrected chi connectivity index (χ2v) is 9.37. The lowest BCUT2D eigenvalue weighted by atomic mass is 10.0. The van der Waals surface area contributed by atoms with Gasteiger partial charge in [-0.15, -0.1) is 9.78 Å². The van der Waals surface area contributed by atoms with E-state index in [0.717, 1.165) is 47.0 Å². The molecule has 2 aromatic carbocycles. The molecule has 1 aliphatic rings. The Labute approximate surface area is 235 Å². The Morgan fingerprint density at radius 1 is 1.20 bits per heavy atom. The van der Waals surface area contributed by atoms with Crippen LogP contribution in [0.3, 0.4) is 0 Å². The molecule has 1 aliphatic heterocycles. The molecule has 3 heterocycles. The van der Waals surface area contributed by atoms with Gasteiger partial charge in [-0.2, -0.15) is 0 Å². The molecule has 1 saturated heterocycles. The number of nitrogens with zero attached hydrogens (tertiary/aromatic N) is 4. The van der Waals surface area contributed by atoms with Gasteiger partial charge in [0.1, 0.15) is 23.7 Å². The molecule has 13 nitrogen and oxygen atoms in total. The number of aromatic amines is 1. The minimum atomic E-state index is -0.833. The molecule has 13 heteroatoms. The quantitative estimate of drug-likeness (QED) is 0.158. The van der Waals surface area contributed by atoms with Crippen LogP contribution >= 0.6 is 0 Å². The van der Waals surface area contributed by atoms with E-state index in [1.165, 1.54) is 0 Å². The Morgan fingerprint density at radius 3 is 2.49 bits per heavy atom. The number of nitrogens with two attached hydrogens (primary N) is 1. The lowest BCUT2D eigenvalue weighted by Gasteiger charge is -2.25. The summed E-state index contributed by atoms with van der Waals surface area (Å²) in [5.41, 5.74) is 8.39. The van der Waals surface area contributed by atoms with Crippen LogP contribution < -0.4 is 21.5 Å². The van der Waals surface area contributed by atoms with Gasteiger partial charge in [-0.25, -0.2) is 14.8 Å². The number of nitrogen functional groups attached to an aromatic ring is 1. The zero-order chi connectivity index (χ0) is 29.4. The van der Waals surface area contributed by atoms with Crippen LogP contribution in [-0.2, 0) is 9.53 Å². The molecule has 41 heavy (non-hydrogen) atoms. The number of H-pyrrole nitrogens is 1. The molecule has 1 fully saturated rings. The van der Waals surface area contributed by atoms with Gasteiger partial charge in [-0.1, -0.05) is 6.07 Å². The third-order valence-corrected chi connectivity index (χ3v) is 6.03. The van der Waals surface area contributed by atoms with Crippen LogP contribution in [0.2, 0.25) is 0 Å². The predicted octanol–water partition coefficient (Wildman–Crippen LogP) is 2.79. The van der Waals surface area contributed by atoms with Crippen molar-refractivity contribution in [3.8, 4) is 11.7 Å². The topological polar surface area (TPSA) is 194 Å². The van der Waals surface area contributed by atoms with E-state index in [-0.39, 0.29) is 17.9 Å². The number of carbonyl (C=O) groups is 1. The minimum absolute atomic E-state index is 0.0115. The first-order valence-electron chi connectivity index (χ1n) is 12.9. The van der Waals surface area contributed by atoms with Gasteiger partial charge < -0.3 is 25.6 Å². The molecule has 1 unspecified atom stereocenters. The van der Waals surface area contributed by atoms with Gasteiger partial charge in [-0.3, -0.25) is 15.2 Å². The van der Waals surface area contributed by atoms with Gasteiger partial charge in [0.25, 0.3) is 11.9 Å². The number of rotatable bonds is 8. The first-order chi connectivity index (χ1) is 19.7. The Bertz CT molecular complexity index is 1530. The van der Waals surface area contributed by atoms with Crippen LogP contribution in [-0.4, -0.2) is 61.0 Å². The summed E-state index contributed by atoms with van der Waals surface area (Å²) in [6.07, 6.45) is 4.86. The predicted molar refractivity (Wildman–Crippen MR) is 152 cm³/mol. The van der Waals surface area contributed by atoms with Gasteiger partial charge in [0.15, 0.2) is 5.82 Å². The first-order valence-corrected chi connectivity index (χ1v) is 12.9. The van der Waals surface area contributed by atoms with Crippen molar-refractivity contribution in [2.24, 2.45) is 5.73 Å². The largest absolute Gasteiger partial charge is 0.490 e. The minimum Gasteiger partial charge on any atom is -0.490 e. The molecule has 0 spiro atoms. The third-order valence-electron chi connectivity index (χ3n) is 6.03. The summed E-state index contributed by atoms with van der Waals surface area (Å²) in [5, 5.41) is 23.0. The molecule has 1 atom stereocenters. The maximum Gasteiger partial charge on any atom is 0.350 e. The molecule has 214 valence electrons. The number of aryl methyl sites for hydroxylation is 1. The zero-order valence-corrected chi connectivity index (χ0v) is 22.7. The van der Waals surface area contributed by atoms with Gasteiger partial charge in [0.05, 0.1) is 13.2 Å². The summed E-state index contributed by atoms with van der Waals surface area (Å²) in [5.74, 6) is 0.458. The molecule has 0 saturated carbocycles. The second kappa shape index (κ2) is 13.3. The molecule has 6 N–H and O–H groups in total. The number of hydrogen-bond donors (Lipinski definition) is 5. The lowest BCUT2D eigenvalue weighted by Crippen LogP contribution is -2.26. The van der Waals surface area contributed by atoms with E-state index in [1.807, 2.05) is 37.3 Å². The van der Waals surface area contributed by atoms with Crippen molar-refractivity contribution in [2.75, 3.05) is 18.5 Å². The fourth-order valence-electron chi connectivity index (χ4n) is 4.23. The average Bonchev–Trinajstić information content (AvgIpc) is 3.33. The Morgan fingerprint density at radius 2 is 1.85 bits per heavy atom. The van der Waals surface area contributed by atoms with Crippen molar-refractivity contribution in [2.45, 2.75) is 38.8 Å². The third kappa shape index (κ3) is 7.99. The van der Waals surface area contributed by atoms with Gasteiger partial charge in [-0.05, 0) is 60.5 Å². The van der Waals surface area contributed by atoms with Crippen LogP contribution in [0, 0.1) is 12.3 Å². The molecular weight excluding hydrogens is 528 g/mol. The highest BCUT2D eigenvalue weighted by Crippen LogP contribution is 2.30. The summed E-state index contributed by atoms with van der Waals surface area (Å²) in [7, 11) is 0. The maximum atomic E-state index is 12.8. The highest BCUT2D eigenvalue weighted by molar-refractivity contribution is 5.95. The average molecular weight is 561 g/mol. The Balaban J connectivity index is 0.000000909. The van der Waals surface area contributed by atoms with Crippen LogP contribution in [0.25, 0.3) is 5.95 Å². The van der Waals surface area contributed by atoms with Gasteiger partial charge in [0, 0.05) is 43.4 Å². The van der Waals surface area contributed by atoms with E-state index in [1.54, 1.807) is 30.6 Å². The molecule has 0 aliphatic carbocycles. The lowest BCUT2D eigenvalue weighted by molar-refractivity contribution is -0.134. The molecule has 0 amide bonds. The van der Waals surface area contributed by atoms with Gasteiger partial charge >= 0.3 is 5.69 Å². The summed E-state index contributed by atoms with van der Waals surface area (Å²) in [4.78, 5) is 33.0. The Kier molecular flexibility index (Phi) is 9.43. The first kappa shape index (κ1) is 29.0. The van der Waals surface area contributed by atoms with E-state index in [4.69, 9.17) is 30.5 Å². The maximum absolute atomic E-state index is 12.8.